The van der Waals surface area contributed by atoms with E-state index in [0.717, 1.165) is 33.4 Å². The normalized spacial score (nSPS) is 27.8. The molecule has 2 bridgehead atoms. The lowest BCUT2D eigenvalue weighted by Crippen LogP contribution is -2.61. The Hall–Kier alpha value is -4.33. The molecule has 8 nitrogen and oxygen atoms in total. The van der Waals surface area contributed by atoms with Crippen LogP contribution < -0.4 is 9.64 Å². The highest BCUT2D eigenvalue weighted by Gasteiger charge is 2.72. The zero-order valence-electron chi connectivity index (χ0n) is 18.9. The van der Waals surface area contributed by atoms with Crippen LogP contribution >= 0.6 is 0 Å². The van der Waals surface area contributed by atoms with Gasteiger partial charge in [0.15, 0.2) is 0 Å². The maximum Gasteiger partial charge on any atom is 0.273 e. The number of nitro groups is 1. The monoisotopic (exact) mass is 468 g/mol. The van der Waals surface area contributed by atoms with Crippen LogP contribution in [0.25, 0.3) is 0 Å². The number of nitrogens with zero attached hydrogens (tertiary/aromatic N) is 2. The summed E-state index contributed by atoms with van der Waals surface area (Å²) in [6.07, 6.45) is 0.808. The number of nitro benzene ring substituents is 1. The maximum atomic E-state index is 14.1. The van der Waals surface area contributed by atoms with Crippen LogP contribution in [-0.2, 0) is 25.2 Å². The zero-order valence-corrected chi connectivity index (χ0v) is 18.9. The van der Waals surface area contributed by atoms with Gasteiger partial charge in [0.25, 0.3) is 5.69 Å². The first-order valence-electron chi connectivity index (χ1n) is 11.2. The molecular weight excluding hydrogens is 448 g/mol. The van der Waals surface area contributed by atoms with Crippen molar-refractivity contribution in [3.63, 3.8) is 0 Å². The Morgan fingerprint density at radius 1 is 0.914 bits per heavy atom. The Labute approximate surface area is 200 Å². The van der Waals surface area contributed by atoms with Crippen LogP contribution in [0.4, 0.5) is 11.4 Å². The van der Waals surface area contributed by atoms with Gasteiger partial charge in [-0.25, -0.2) is 4.90 Å². The molecule has 2 amide bonds. The van der Waals surface area contributed by atoms with E-state index in [4.69, 9.17) is 4.74 Å². The molecule has 4 aliphatic rings. The van der Waals surface area contributed by atoms with Gasteiger partial charge in [-0.1, -0.05) is 55.5 Å². The number of anilines is 1. The van der Waals surface area contributed by atoms with E-state index in [-0.39, 0.29) is 17.1 Å². The fourth-order valence-corrected chi connectivity index (χ4v) is 6.67. The summed E-state index contributed by atoms with van der Waals surface area (Å²) in [5.74, 6) is -2.72. The number of methoxy groups -OCH3 is 1. The van der Waals surface area contributed by atoms with Crippen LogP contribution in [0.3, 0.4) is 0 Å². The van der Waals surface area contributed by atoms with Gasteiger partial charge in [-0.05, 0) is 28.3 Å². The molecular formula is C27H20N2O6. The van der Waals surface area contributed by atoms with E-state index < -0.39 is 39.4 Å². The van der Waals surface area contributed by atoms with Gasteiger partial charge in [0, 0.05) is 11.5 Å². The minimum atomic E-state index is -1.33. The van der Waals surface area contributed by atoms with Crippen molar-refractivity contribution < 1.29 is 24.0 Å². The van der Waals surface area contributed by atoms with Crippen molar-refractivity contribution in [2.75, 3.05) is 12.0 Å². The van der Waals surface area contributed by atoms with Gasteiger partial charge >= 0.3 is 0 Å². The van der Waals surface area contributed by atoms with E-state index >= 15 is 0 Å². The average molecular weight is 468 g/mol. The minimum Gasteiger partial charge on any atom is -0.494 e. The van der Waals surface area contributed by atoms with E-state index in [1.54, 1.807) is 0 Å². The van der Waals surface area contributed by atoms with Crippen LogP contribution in [-0.4, -0.2) is 30.1 Å². The Kier molecular flexibility index (Phi) is 4.15. The van der Waals surface area contributed by atoms with Crippen molar-refractivity contribution >= 4 is 29.5 Å². The maximum absolute atomic E-state index is 14.1. The molecule has 1 fully saturated rings. The summed E-state index contributed by atoms with van der Waals surface area (Å²) in [6, 6.07) is 18.8. The molecule has 1 heterocycles. The first kappa shape index (κ1) is 21.2. The van der Waals surface area contributed by atoms with Gasteiger partial charge in [-0.2, -0.15) is 0 Å². The van der Waals surface area contributed by atoms with Gasteiger partial charge in [-0.3, -0.25) is 19.7 Å². The van der Waals surface area contributed by atoms with Crippen molar-refractivity contribution in [2.45, 2.75) is 17.8 Å². The summed E-state index contributed by atoms with van der Waals surface area (Å²) in [5.41, 5.74) is 0.894. The molecule has 3 aromatic carbocycles. The SMILES string of the molecule is COc1cc([N+](=O)[O-])ccc1N1C(=O)[C@@H]2[C@@H](C1=O)C1(C=O)c3ccccc3C2(C)c2ccccc21. The molecule has 0 aromatic heterocycles. The van der Waals surface area contributed by atoms with Crippen molar-refractivity contribution in [1.82, 2.24) is 0 Å². The molecule has 7 rings (SSSR count). The second-order valence-electron chi connectivity index (χ2n) is 9.36. The molecule has 0 unspecified atom stereocenters. The molecule has 3 aliphatic carbocycles. The number of benzene rings is 3. The molecule has 0 spiro atoms. The van der Waals surface area contributed by atoms with E-state index in [1.165, 1.54) is 25.3 Å². The lowest BCUT2D eigenvalue weighted by Gasteiger charge is -2.56. The second-order valence-corrected chi connectivity index (χ2v) is 9.36. The van der Waals surface area contributed by atoms with E-state index in [0.29, 0.717) is 0 Å². The van der Waals surface area contributed by atoms with Crippen molar-refractivity contribution in [3.8, 4) is 5.75 Å². The highest BCUT2D eigenvalue weighted by molar-refractivity contribution is 6.25. The van der Waals surface area contributed by atoms with E-state index in [9.17, 15) is 24.5 Å². The van der Waals surface area contributed by atoms with E-state index in [2.05, 4.69) is 0 Å². The Balaban J connectivity index is 1.64. The summed E-state index contributed by atoms with van der Waals surface area (Å²) in [4.78, 5) is 53.0. The Morgan fingerprint density at radius 2 is 1.46 bits per heavy atom. The van der Waals surface area contributed by atoms with Crippen LogP contribution in [0.2, 0.25) is 0 Å². The smallest absolute Gasteiger partial charge is 0.273 e. The fourth-order valence-electron chi connectivity index (χ4n) is 6.67. The van der Waals surface area contributed by atoms with Crippen molar-refractivity contribution in [3.05, 3.63) is 99.1 Å². The number of carbonyl (C=O) groups is 3. The lowest BCUT2D eigenvalue weighted by atomic mass is 9.42. The second kappa shape index (κ2) is 6.85. The number of rotatable bonds is 4. The molecule has 35 heavy (non-hydrogen) atoms. The average Bonchev–Trinajstić information content (AvgIpc) is 3.15. The van der Waals surface area contributed by atoms with Crippen molar-refractivity contribution in [1.29, 1.82) is 0 Å². The Morgan fingerprint density at radius 3 is 1.97 bits per heavy atom. The van der Waals surface area contributed by atoms with Gasteiger partial charge < -0.3 is 9.53 Å². The predicted octanol–water partition coefficient (Wildman–Crippen LogP) is 3.53. The summed E-state index contributed by atoms with van der Waals surface area (Å²) in [7, 11) is 1.32. The number of non-ortho nitro benzene ring substituents is 1. The number of hydrogen-bond acceptors (Lipinski definition) is 6. The number of imide groups is 1. The van der Waals surface area contributed by atoms with Gasteiger partial charge in [0.05, 0.1) is 41.0 Å². The molecule has 0 saturated carbocycles. The number of hydrogen-bond donors (Lipinski definition) is 0. The molecule has 8 heteroatoms. The lowest BCUT2D eigenvalue weighted by molar-refractivity contribution is -0.384. The van der Waals surface area contributed by atoms with Crippen LogP contribution in [0.5, 0.6) is 5.75 Å². The largest absolute Gasteiger partial charge is 0.494 e. The molecule has 174 valence electrons. The zero-order chi connectivity index (χ0) is 24.7. The summed E-state index contributed by atoms with van der Waals surface area (Å²) in [6.45, 7) is 1.96. The third kappa shape index (κ3) is 2.29. The fraction of sp³-hybridized carbons (Fsp3) is 0.222. The first-order valence-corrected chi connectivity index (χ1v) is 11.2. The van der Waals surface area contributed by atoms with Gasteiger partial charge in [0.2, 0.25) is 11.8 Å². The molecule has 0 N–H and O–H groups in total. The van der Waals surface area contributed by atoms with Crippen LogP contribution in [0.15, 0.2) is 66.7 Å². The third-order valence-electron chi connectivity index (χ3n) is 8.08. The summed E-state index contributed by atoms with van der Waals surface area (Å²) < 4.78 is 5.35. The number of aldehydes is 1. The third-order valence-corrected chi connectivity index (χ3v) is 8.08. The number of amides is 2. The quantitative estimate of drug-likeness (QED) is 0.251. The highest BCUT2D eigenvalue weighted by Crippen LogP contribution is 2.66. The van der Waals surface area contributed by atoms with Gasteiger partial charge in [0.1, 0.15) is 12.0 Å². The van der Waals surface area contributed by atoms with Crippen LogP contribution in [0, 0.1) is 22.0 Å². The molecule has 2 atom stereocenters. The van der Waals surface area contributed by atoms with Crippen molar-refractivity contribution in [2.24, 2.45) is 11.8 Å². The van der Waals surface area contributed by atoms with Gasteiger partial charge in [-0.15, -0.1) is 0 Å². The molecule has 1 saturated heterocycles. The molecule has 1 aliphatic heterocycles. The predicted molar refractivity (Wildman–Crippen MR) is 125 cm³/mol. The molecule has 3 aromatic rings. The van der Waals surface area contributed by atoms with Crippen LogP contribution in [0.1, 0.15) is 29.2 Å². The summed E-state index contributed by atoms with van der Waals surface area (Å²) >= 11 is 0. The standard InChI is InChI=1S/C27H20N2O6/c1-26-16-7-3-5-9-18(16)27(14-30,19-10-6-4-8-17(19)26)23-22(26)24(31)28(25(23)32)20-12-11-15(29(33)34)13-21(20)35-2/h3-14,22-23H,1-2H3/t22-,23-,26?,27?/m0/s1. The number of carbonyl (C=O) groups excluding carboxylic acids is 3. The number of ether oxygens (including phenoxy) is 1. The first-order chi connectivity index (χ1) is 16.8. The molecule has 0 radical (unpaired) electrons. The minimum absolute atomic E-state index is 0.0345. The Bertz CT molecular complexity index is 1430. The topological polar surface area (TPSA) is 107 Å². The highest BCUT2D eigenvalue weighted by atomic mass is 16.6. The summed E-state index contributed by atoms with van der Waals surface area (Å²) in [5, 5.41) is 11.3. The van der Waals surface area contributed by atoms with E-state index in [1.807, 2.05) is 55.5 Å².